The topological polar surface area (TPSA) is 23.9 Å². The van der Waals surface area contributed by atoms with Gasteiger partial charge in [0.1, 0.15) is 6.67 Å². The van der Waals surface area contributed by atoms with E-state index in [4.69, 9.17) is 5.41 Å². The van der Waals surface area contributed by atoms with Crippen molar-refractivity contribution in [3.63, 3.8) is 0 Å². The smallest absolute Gasteiger partial charge is 0.116 e. The highest BCUT2D eigenvalue weighted by atomic mass is 19.1. The van der Waals surface area contributed by atoms with Crippen molar-refractivity contribution in [3.8, 4) is 0 Å². The van der Waals surface area contributed by atoms with Crippen molar-refractivity contribution in [2.75, 3.05) is 6.67 Å². The summed E-state index contributed by atoms with van der Waals surface area (Å²) < 4.78 is 12.9. The van der Waals surface area contributed by atoms with Gasteiger partial charge in [0.2, 0.25) is 0 Å². The molecule has 0 heterocycles. The monoisotopic (exact) mass is 499 g/mol. The first-order valence-corrected chi connectivity index (χ1v) is 15.6. The molecule has 0 radical (unpaired) electrons. The third-order valence-electron chi connectivity index (χ3n) is 11.7. The van der Waals surface area contributed by atoms with Crippen LogP contribution in [0.2, 0.25) is 0 Å². The molecule has 0 aliphatic heterocycles. The zero-order valence-corrected chi connectivity index (χ0v) is 24.7. The van der Waals surface area contributed by atoms with Crippen LogP contribution in [0.3, 0.4) is 0 Å². The summed E-state index contributed by atoms with van der Waals surface area (Å²) >= 11 is 0. The fraction of sp³-hybridized carbons (Fsp3) is 0.853. The largest absolute Gasteiger partial charge is 0.308 e. The fourth-order valence-electron chi connectivity index (χ4n) is 9.68. The molecule has 2 heteroatoms. The minimum Gasteiger partial charge on any atom is -0.308 e. The Bertz CT molecular complexity index is 780. The second kappa shape index (κ2) is 12.3. The molecule has 4 aliphatic carbocycles. The predicted molar refractivity (Wildman–Crippen MR) is 155 cm³/mol. The van der Waals surface area contributed by atoms with E-state index < -0.39 is 6.67 Å². The maximum Gasteiger partial charge on any atom is 0.116 e. The molecule has 4 saturated carbocycles. The molecule has 0 spiro atoms. The summed E-state index contributed by atoms with van der Waals surface area (Å²) in [4.78, 5) is 0. The molecular formula is C34H58FN. The van der Waals surface area contributed by atoms with E-state index >= 15 is 0 Å². The lowest BCUT2D eigenvalue weighted by Crippen LogP contribution is -2.57. The SMILES string of the molecule is C=C(CCC/C=C(\C=N)CF)C1CCCC2C1(C)CCC1C3CCC(C)(C)CCC3CCC12C.CC. The van der Waals surface area contributed by atoms with E-state index in [2.05, 4.69) is 34.3 Å². The molecule has 0 bridgehead atoms. The highest BCUT2D eigenvalue weighted by molar-refractivity contribution is 5.75. The van der Waals surface area contributed by atoms with Crippen molar-refractivity contribution < 1.29 is 4.39 Å². The van der Waals surface area contributed by atoms with Crippen LogP contribution < -0.4 is 0 Å². The van der Waals surface area contributed by atoms with Gasteiger partial charge < -0.3 is 5.41 Å². The van der Waals surface area contributed by atoms with Crippen molar-refractivity contribution in [2.45, 2.75) is 131 Å². The van der Waals surface area contributed by atoms with Gasteiger partial charge >= 0.3 is 0 Å². The van der Waals surface area contributed by atoms with Crippen LogP contribution in [0.4, 0.5) is 4.39 Å². The number of rotatable bonds is 7. The van der Waals surface area contributed by atoms with Gasteiger partial charge in [0, 0.05) is 6.21 Å². The Hall–Kier alpha value is -0.920. The molecule has 0 saturated heterocycles. The highest BCUT2D eigenvalue weighted by Gasteiger charge is 2.60. The van der Waals surface area contributed by atoms with Crippen molar-refractivity contribution in [1.29, 1.82) is 5.41 Å². The number of hydrogen-bond acceptors (Lipinski definition) is 1. The maximum atomic E-state index is 12.9. The van der Waals surface area contributed by atoms with Crippen molar-refractivity contribution in [2.24, 2.45) is 45.8 Å². The minimum atomic E-state index is -0.522. The predicted octanol–water partition coefficient (Wildman–Crippen LogP) is 10.7. The van der Waals surface area contributed by atoms with Crippen LogP contribution >= 0.6 is 0 Å². The number of hydrogen-bond donors (Lipinski definition) is 1. The second-order valence-electron chi connectivity index (χ2n) is 14.0. The first-order chi connectivity index (χ1) is 17.1. The number of halogens is 1. The molecule has 4 rings (SSSR count). The van der Waals surface area contributed by atoms with Crippen molar-refractivity contribution in [3.05, 3.63) is 23.8 Å². The minimum absolute atomic E-state index is 0.409. The number of fused-ring (bicyclic) bond motifs is 5. The van der Waals surface area contributed by atoms with E-state index in [1.165, 1.54) is 76.2 Å². The first kappa shape index (κ1) is 29.6. The number of alkyl halides is 1. The summed E-state index contributed by atoms with van der Waals surface area (Å²) in [5, 5.41) is 7.30. The number of unbranched alkanes of at least 4 members (excludes halogenated alkanes) is 1. The van der Waals surface area contributed by atoms with E-state index in [1.807, 2.05) is 19.9 Å². The number of nitrogens with one attached hydrogen (secondary N) is 1. The van der Waals surface area contributed by atoms with Crippen LogP contribution in [0, 0.1) is 51.2 Å². The lowest BCUT2D eigenvalue weighted by atomic mass is 9.40. The molecule has 4 aliphatic rings. The van der Waals surface area contributed by atoms with E-state index in [0.717, 1.165) is 49.1 Å². The average Bonchev–Trinajstić information content (AvgIpc) is 3.02. The van der Waals surface area contributed by atoms with E-state index in [0.29, 0.717) is 27.7 Å². The molecule has 36 heavy (non-hydrogen) atoms. The van der Waals surface area contributed by atoms with Crippen molar-refractivity contribution >= 4 is 6.21 Å². The molecule has 1 N–H and O–H groups in total. The summed E-state index contributed by atoms with van der Waals surface area (Å²) in [6, 6.07) is 0. The van der Waals surface area contributed by atoms with E-state index in [-0.39, 0.29) is 0 Å². The van der Waals surface area contributed by atoms with Gasteiger partial charge in [-0.3, -0.25) is 0 Å². The van der Waals surface area contributed by atoms with Crippen LogP contribution in [-0.2, 0) is 0 Å². The van der Waals surface area contributed by atoms with E-state index in [9.17, 15) is 4.39 Å². The normalized spacial score (nSPS) is 39.9. The molecule has 0 amide bonds. The van der Waals surface area contributed by atoms with Crippen LogP contribution in [0.1, 0.15) is 131 Å². The Morgan fingerprint density at radius 3 is 2.28 bits per heavy atom. The first-order valence-electron chi connectivity index (χ1n) is 15.6. The van der Waals surface area contributed by atoms with Gasteiger partial charge in [-0.1, -0.05) is 66.2 Å². The summed E-state index contributed by atoms with van der Waals surface area (Å²) in [6.07, 6.45) is 21.7. The molecule has 0 aromatic rings. The second-order valence-corrected chi connectivity index (χ2v) is 14.0. The molecule has 4 fully saturated rings. The molecule has 0 aromatic heterocycles. The van der Waals surface area contributed by atoms with Crippen LogP contribution in [-0.4, -0.2) is 12.9 Å². The summed E-state index contributed by atoms with van der Waals surface area (Å²) in [5.41, 5.74) is 3.45. The van der Waals surface area contributed by atoms with Crippen molar-refractivity contribution in [1.82, 2.24) is 0 Å². The van der Waals surface area contributed by atoms with Gasteiger partial charge in [-0.15, -0.1) is 0 Å². The van der Waals surface area contributed by atoms with Crippen LogP contribution in [0.25, 0.3) is 0 Å². The van der Waals surface area contributed by atoms with Gasteiger partial charge in [0.05, 0.1) is 0 Å². The van der Waals surface area contributed by atoms with Gasteiger partial charge in [-0.2, -0.15) is 0 Å². The number of allylic oxidation sites excluding steroid dienone is 3. The Morgan fingerprint density at radius 2 is 1.58 bits per heavy atom. The zero-order chi connectivity index (χ0) is 26.6. The Kier molecular flexibility index (Phi) is 10.1. The van der Waals surface area contributed by atoms with Crippen LogP contribution in [0.15, 0.2) is 23.8 Å². The molecule has 7 unspecified atom stereocenters. The van der Waals surface area contributed by atoms with Gasteiger partial charge in [0.15, 0.2) is 0 Å². The molecule has 0 aromatic carbocycles. The quantitative estimate of drug-likeness (QED) is 0.204. The third kappa shape index (κ3) is 5.88. The summed E-state index contributed by atoms with van der Waals surface area (Å²) in [7, 11) is 0. The average molecular weight is 500 g/mol. The van der Waals surface area contributed by atoms with Crippen LogP contribution in [0.5, 0.6) is 0 Å². The zero-order valence-electron chi connectivity index (χ0n) is 24.7. The molecule has 1 nitrogen and oxygen atoms in total. The fourth-order valence-corrected chi connectivity index (χ4v) is 9.68. The summed E-state index contributed by atoms with van der Waals surface area (Å²) in [5.74, 6) is 4.40. The standard InChI is InChI=1S/C32H52FN.C2H6/c1-23(9-6-7-10-24(21-33)22-34)27-11-8-12-29-31(27,4)20-16-28-26-15-18-30(2,3)17-13-25(26)14-19-32(28,29)5;1-2/h10,22,25-29,34H,1,6-9,11-21H2,2-5H3;1-2H3/b24-10-,34-22?;. The third-order valence-corrected chi connectivity index (χ3v) is 11.7. The molecule has 206 valence electrons. The molecular weight excluding hydrogens is 441 g/mol. The summed E-state index contributed by atoms with van der Waals surface area (Å²) in [6.45, 7) is 18.5. The van der Waals surface area contributed by atoms with E-state index in [1.54, 1.807) is 0 Å². The Balaban J connectivity index is 0.00000176. The Labute approximate surface area is 223 Å². The Morgan fingerprint density at radius 1 is 0.917 bits per heavy atom. The molecule has 7 atom stereocenters. The lowest BCUT2D eigenvalue weighted by Gasteiger charge is -2.65. The maximum absolute atomic E-state index is 12.9. The lowest BCUT2D eigenvalue weighted by molar-refractivity contribution is -0.151. The van der Waals surface area contributed by atoms with Gasteiger partial charge in [0.25, 0.3) is 0 Å². The van der Waals surface area contributed by atoms with Gasteiger partial charge in [-0.05, 0) is 135 Å². The van der Waals surface area contributed by atoms with Gasteiger partial charge in [-0.25, -0.2) is 4.39 Å². The highest BCUT2D eigenvalue weighted by Crippen LogP contribution is 2.69.